The normalized spacial score (nSPS) is 18.4. The Morgan fingerprint density at radius 3 is 1.82 bits per heavy atom. The summed E-state index contributed by atoms with van der Waals surface area (Å²) in [6.07, 6.45) is 5.88. The van der Waals surface area contributed by atoms with Crippen LogP contribution in [-0.4, -0.2) is 91.9 Å². The van der Waals surface area contributed by atoms with Gasteiger partial charge in [0.2, 0.25) is 11.8 Å². The van der Waals surface area contributed by atoms with Gasteiger partial charge < -0.3 is 29.8 Å². The highest BCUT2D eigenvalue weighted by Crippen LogP contribution is 2.53. The molecule has 4 aromatic carbocycles. The van der Waals surface area contributed by atoms with E-state index in [0.29, 0.717) is 53.3 Å². The molecule has 3 N–H and O–H groups in total. The number of fused-ring (bicyclic) bond motifs is 3. The van der Waals surface area contributed by atoms with Crippen LogP contribution in [0, 0.1) is 5.92 Å². The number of rotatable bonds is 13. The van der Waals surface area contributed by atoms with Gasteiger partial charge in [-0.25, -0.2) is 14.8 Å². The standard InChI is InChI=1S/C52H56F2N8O4/c1-6-60(7-2)46(34-13-9-8-10-14-34)50(64)62-26-12-16-44(62)48-55-29-41(57-48)33-19-17-32(18-20-33)35-21-23-37-38-24-22-36(28-40(38)52(53,54)39(37)27-35)42-30-56-47(58-42)43-15-11-25-61(43)49(63)45(31(3)4)59-51(65)66-5/h8-10,13-14,17-24,27-31,43-46H,6-7,11-12,15-16,25-26H2,1-5H3,(H,55,57)(H,56,58)(H,59,65). The predicted molar refractivity (Wildman–Crippen MR) is 249 cm³/mol. The summed E-state index contributed by atoms with van der Waals surface area (Å²) >= 11 is 0. The zero-order valence-corrected chi connectivity index (χ0v) is 38.0. The number of alkyl carbamates (subject to hydrolysis) is 1. The van der Waals surface area contributed by atoms with Crippen molar-refractivity contribution in [3.8, 4) is 44.8 Å². The van der Waals surface area contributed by atoms with Gasteiger partial charge in [0.1, 0.15) is 23.7 Å². The molecule has 14 heteroatoms. The monoisotopic (exact) mass is 894 g/mol. The van der Waals surface area contributed by atoms with E-state index >= 15 is 8.78 Å². The number of halogens is 2. The van der Waals surface area contributed by atoms with Gasteiger partial charge >= 0.3 is 6.09 Å². The Morgan fingerprint density at radius 1 is 0.742 bits per heavy atom. The van der Waals surface area contributed by atoms with Crippen molar-refractivity contribution in [3.63, 3.8) is 0 Å². The largest absolute Gasteiger partial charge is 0.453 e. The van der Waals surface area contributed by atoms with E-state index in [1.807, 2.05) is 85.5 Å². The minimum Gasteiger partial charge on any atom is -0.453 e. The van der Waals surface area contributed by atoms with E-state index in [9.17, 15) is 14.4 Å². The Labute approximate surface area is 383 Å². The summed E-state index contributed by atoms with van der Waals surface area (Å²) in [7, 11) is 1.26. The molecule has 6 aromatic rings. The molecule has 3 amide bonds. The topological polar surface area (TPSA) is 140 Å². The quantitative estimate of drug-likeness (QED) is 0.105. The van der Waals surface area contributed by atoms with Crippen LogP contribution in [0.1, 0.15) is 99.8 Å². The van der Waals surface area contributed by atoms with Crippen LogP contribution in [0.4, 0.5) is 13.6 Å². The Balaban J connectivity index is 0.901. The second-order valence-electron chi connectivity index (χ2n) is 17.8. The van der Waals surface area contributed by atoms with Gasteiger partial charge in [-0.2, -0.15) is 8.78 Å². The molecule has 342 valence electrons. The molecule has 0 bridgehead atoms. The van der Waals surface area contributed by atoms with Crippen LogP contribution in [-0.2, 0) is 20.2 Å². The average Bonchev–Trinajstić information content (AvgIpc) is 4.20. The molecule has 2 aromatic heterocycles. The molecule has 2 aliphatic heterocycles. The molecule has 1 aliphatic carbocycles. The Kier molecular flexibility index (Phi) is 12.4. The number of H-pyrrole nitrogens is 2. The molecular formula is C52H56F2N8O4. The van der Waals surface area contributed by atoms with Crippen LogP contribution in [0.3, 0.4) is 0 Å². The smallest absolute Gasteiger partial charge is 0.407 e. The second kappa shape index (κ2) is 18.3. The number of ether oxygens (including phenoxy) is 1. The van der Waals surface area contributed by atoms with Gasteiger partial charge in [-0.15, -0.1) is 0 Å². The minimum atomic E-state index is -3.25. The van der Waals surface area contributed by atoms with Crippen LogP contribution in [0.25, 0.3) is 44.8 Å². The number of hydrogen-bond donors (Lipinski definition) is 3. The van der Waals surface area contributed by atoms with E-state index in [-0.39, 0.29) is 47.0 Å². The summed E-state index contributed by atoms with van der Waals surface area (Å²) in [6.45, 7) is 10.6. The first-order valence-electron chi connectivity index (χ1n) is 23.0. The molecule has 4 atom stereocenters. The van der Waals surface area contributed by atoms with Crippen molar-refractivity contribution in [2.24, 2.45) is 5.92 Å². The minimum absolute atomic E-state index is 0.0497. The number of carbonyl (C=O) groups is 3. The number of benzene rings is 4. The molecule has 0 spiro atoms. The maximum atomic E-state index is 16.5. The van der Waals surface area contributed by atoms with Crippen LogP contribution < -0.4 is 5.32 Å². The molecular weight excluding hydrogens is 839 g/mol. The van der Waals surface area contributed by atoms with Crippen molar-refractivity contribution in [2.45, 2.75) is 83.5 Å². The van der Waals surface area contributed by atoms with E-state index in [0.717, 1.165) is 60.6 Å². The van der Waals surface area contributed by atoms with E-state index < -0.39 is 18.1 Å². The molecule has 4 unspecified atom stereocenters. The molecule has 0 saturated carbocycles. The number of aromatic nitrogens is 4. The number of alkyl halides is 2. The fourth-order valence-electron chi connectivity index (χ4n) is 10.1. The molecule has 4 heterocycles. The van der Waals surface area contributed by atoms with Gasteiger partial charge in [-0.05, 0) is 90.2 Å². The second-order valence-corrected chi connectivity index (χ2v) is 17.8. The van der Waals surface area contributed by atoms with Crippen molar-refractivity contribution in [2.75, 3.05) is 33.3 Å². The summed E-state index contributed by atoms with van der Waals surface area (Å²) in [5.74, 6) is -2.25. The Bertz CT molecular complexity index is 2730. The average molecular weight is 895 g/mol. The van der Waals surface area contributed by atoms with Crippen molar-refractivity contribution in [3.05, 3.63) is 132 Å². The van der Waals surface area contributed by atoms with Crippen LogP contribution >= 0.6 is 0 Å². The first-order chi connectivity index (χ1) is 31.9. The lowest BCUT2D eigenvalue weighted by molar-refractivity contribution is -0.138. The van der Waals surface area contributed by atoms with Crippen molar-refractivity contribution >= 4 is 17.9 Å². The van der Waals surface area contributed by atoms with E-state index in [4.69, 9.17) is 9.72 Å². The molecule has 12 nitrogen and oxygen atoms in total. The van der Waals surface area contributed by atoms with E-state index in [1.165, 1.54) is 13.2 Å². The lowest BCUT2D eigenvalue weighted by Gasteiger charge is -2.34. The molecule has 0 radical (unpaired) electrons. The van der Waals surface area contributed by atoms with E-state index in [1.54, 1.807) is 35.5 Å². The number of likely N-dealkylation sites (tertiary alicyclic amines) is 2. The van der Waals surface area contributed by atoms with Gasteiger partial charge in [-0.1, -0.05) is 107 Å². The van der Waals surface area contributed by atoms with Crippen molar-refractivity contribution in [1.29, 1.82) is 0 Å². The SMILES string of the molecule is CCN(CC)C(C(=O)N1CCCC1c1ncc(-c2ccc(-c3ccc4c(c3)C(F)(F)c3cc(-c5cnc(C6CCCN6C(=O)C(NC(=O)OC)C(C)C)[nH]5)ccc3-4)cc2)[nH]1)c1ccccc1. The number of nitrogens with one attached hydrogen (secondary N) is 3. The summed E-state index contributed by atoms with van der Waals surface area (Å²) in [5.41, 5.74) is 6.15. The summed E-state index contributed by atoms with van der Waals surface area (Å²) < 4.78 is 37.8. The van der Waals surface area contributed by atoms with Gasteiger partial charge in [0.05, 0.1) is 43.0 Å². The van der Waals surface area contributed by atoms with Crippen LogP contribution in [0.2, 0.25) is 0 Å². The highest BCUT2D eigenvalue weighted by atomic mass is 19.3. The highest BCUT2D eigenvalue weighted by molar-refractivity contribution is 5.87. The molecule has 9 rings (SSSR count). The van der Waals surface area contributed by atoms with Crippen molar-refractivity contribution in [1.82, 2.24) is 40.0 Å². The molecule has 3 aliphatic rings. The number of imidazole rings is 2. The summed E-state index contributed by atoms with van der Waals surface area (Å²) in [5, 5.41) is 2.66. The Morgan fingerprint density at radius 2 is 1.26 bits per heavy atom. The number of hydrogen-bond acceptors (Lipinski definition) is 7. The first kappa shape index (κ1) is 44.5. The highest BCUT2D eigenvalue weighted by Gasteiger charge is 2.45. The van der Waals surface area contributed by atoms with Gasteiger partial charge in [0.15, 0.2) is 0 Å². The van der Waals surface area contributed by atoms with Crippen molar-refractivity contribution < 1.29 is 27.9 Å². The predicted octanol–water partition coefficient (Wildman–Crippen LogP) is 10.0. The maximum Gasteiger partial charge on any atom is 0.407 e. The van der Waals surface area contributed by atoms with Crippen LogP contribution in [0.5, 0.6) is 0 Å². The van der Waals surface area contributed by atoms with Gasteiger partial charge in [0.25, 0.3) is 5.92 Å². The third-order valence-corrected chi connectivity index (χ3v) is 13.7. The fraction of sp³-hybridized carbons (Fsp3) is 0.365. The maximum absolute atomic E-state index is 16.5. The molecule has 2 saturated heterocycles. The number of nitrogens with zero attached hydrogens (tertiary/aromatic N) is 5. The van der Waals surface area contributed by atoms with Crippen LogP contribution in [0.15, 0.2) is 103 Å². The summed E-state index contributed by atoms with van der Waals surface area (Å²) in [4.78, 5) is 62.1. The first-order valence-corrected chi connectivity index (χ1v) is 23.0. The number of likely N-dealkylation sites (N-methyl/N-ethyl adjacent to an activating group) is 1. The molecule has 66 heavy (non-hydrogen) atoms. The number of carbonyl (C=O) groups excluding carboxylic acids is 3. The third-order valence-electron chi connectivity index (χ3n) is 13.7. The number of methoxy groups -OCH3 is 1. The number of amides is 3. The Hall–Kier alpha value is -6.67. The molecule has 2 fully saturated rings. The van der Waals surface area contributed by atoms with E-state index in [2.05, 4.69) is 39.0 Å². The summed E-state index contributed by atoms with van der Waals surface area (Å²) in [6, 6.07) is 26.4. The number of aromatic amines is 2. The third kappa shape index (κ3) is 8.16. The van der Waals surface area contributed by atoms with Gasteiger partial charge in [0, 0.05) is 29.8 Å². The van der Waals surface area contributed by atoms with Gasteiger partial charge in [-0.3, -0.25) is 14.5 Å². The zero-order chi connectivity index (χ0) is 46.3. The lowest BCUT2D eigenvalue weighted by atomic mass is 9.97. The lowest BCUT2D eigenvalue weighted by Crippen LogP contribution is -2.51. The fourth-order valence-corrected chi connectivity index (χ4v) is 10.1. The zero-order valence-electron chi connectivity index (χ0n) is 38.0.